The van der Waals surface area contributed by atoms with Crippen LogP contribution in [0.3, 0.4) is 0 Å². The molecule has 1 saturated carbocycles. The molecule has 1 aliphatic heterocycles. The van der Waals surface area contributed by atoms with Crippen molar-refractivity contribution in [3.05, 3.63) is 29.8 Å². The second kappa shape index (κ2) is 8.34. The smallest absolute Gasteiger partial charge is 0.253 e. The van der Waals surface area contributed by atoms with Crippen molar-refractivity contribution in [1.29, 1.82) is 0 Å². The van der Waals surface area contributed by atoms with Crippen LogP contribution in [0.2, 0.25) is 0 Å². The highest BCUT2D eigenvalue weighted by Gasteiger charge is 2.30. The van der Waals surface area contributed by atoms with Gasteiger partial charge in [0.2, 0.25) is 11.8 Å². The Hall–Kier alpha value is -2.37. The van der Waals surface area contributed by atoms with E-state index in [1.807, 2.05) is 6.92 Å². The predicted octanol–water partition coefficient (Wildman–Crippen LogP) is 2.56. The summed E-state index contributed by atoms with van der Waals surface area (Å²) in [6.07, 6.45) is 5.01. The molecule has 1 aliphatic carbocycles. The molecule has 1 aromatic rings. The second-order valence-corrected chi connectivity index (χ2v) is 7.25. The minimum Gasteiger partial charge on any atom is -0.352 e. The van der Waals surface area contributed by atoms with Crippen molar-refractivity contribution in [2.45, 2.75) is 51.5 Å². The highest BCUT2D eigenvalue weighted by atomic mass is 16.2. The van der Waals surface area contributed by atoms with E-state index < -0.39 is 0 Å². The highest BCUT2D eigenvalue weighted by Crippen LogP contribution is 2.30. The van der Waals surface area contributed by atoms with Crippen molar-refractivity contribution in [1.82, 2.24) is 10.2 Å². The van der Waals surface area contributed by atoms with Crippen LogP contribution in [0.4, 0.5) is 5.69 Å². The molecule has 2 N–H and O–H groups in total. The first-order valence-electron chi connectivity index (χ1n) is 9.56. The summed E-state index contributed by atoms with van der Waals surface area (Å²) in [5, 5.41) is 5.91. The summed E-state index contributed by atoms with van der Waals surface area (Å²) < 4.78 is 0. The Morgan fingerprint density at radius 3 is 2.73 bits per heavy atom. The monoisotopic (exact) mass is 357 g/mol. The van der Waals surface area contributed by atoms with Crippen molar-refractivity contribution >= 4 is 23.4 Å². The molecule has 0 aromatic heterocycles. The number of carbonyl (C=O) groups excluding carboxylic acids is 3. The Bertz CT molecular complexity index is 685. The van der Waals surface area contributed by atoms with Gasteiger partial charge in [0, 0.05) is 42.7 Å². The molecule has 3 amide bonds. The molecule has 3 rings (SSSR count). The van der Waals surface area contributed by atoms with Gasteiger partial charge in [0.25, 0.3) is 5.91 Å². The lowest BCUT2D eigenvalue weighted by Gasteiger charge is -2.33. The topological polar surface area (TPSA) is 78.5 Å². The zero-order valence-corrected chi connectivity index (χ0v) is 15.3. The maximum Gasteiger partial charge on any atom is 0.253 e. The molecule has 1 atom stereocenters. The first kappa shape index (κ1) is 18.4. The average Bonchev–Trinajstić information content (AvgIpc) is 3.47. The number of hydrogen-bond donors (Lipinski definition) is 2. The Morgan fingerprint density at radius 1 is 1.19 bits per heavy atom. The van der Waals surface area contributed by atoms with Gasteiger partial charge in [-0.15, -0.1) is 0 Å². The molecule has 0 spiro atoms. The van der Waals surface area contributed by atoms with Crippen molar-refractivity contribution in [2.75, 3.05) is 18.4 Å². The molecule has 1 aromatic carbocycles. The number of anilines is 1. The Labute approximate surface area is 154 Å². The fraction of sp³-hybridized carbons (Fsp3) is 0.550. The quantitative estimate of drug-likeness (QED) is 0.821. The van der Waals surface area contributed by atoms with E-state index in [9.17, 15) is 14.4 Å². The van der Waals surface area contributed by atoms with Gasteiger partial charge >= 0.3 is 0 Å². The third-order valence-electron chi connectivity index (χ3n) is 4.88. The molecular weight excluding hydrogens is 330 g/mol. The summed E-state index contributed by atoms with van der Waals surface area (Å²) in [4.78, 5) is 38.4. The van der Waals surface area contributed by atoms with E-state index in [0.29, 0.717) is 30.8 Å². The molecule has 6 heteroatoms. The van der Waals surface area contributed by atoms with Crippen LogP contribution in [0.5, 0.6) is 0 Å². The van der Waals surface area contributed by atoms with Crippen molar-refractivity contribution in [3.8, 4) is 0 Å². The number of benzene rings is 1. The number of nitrogens with zero attached hydrogens (tertiary/aromatic N) is 1. The second-order valence-electron chi connectivity index (χ2n) is 7.25. The summed E-state index contributed by atoms with van der Waals surface area (Å²) >= 11 is 0. The molecule has 0 radical (unpaired) electrons. The summed E-state index contributed by atoms with van der Waals surface area (Å²) in [7, 11) is 0. The first-order valence-corrected chi connectivity index (χ1v) is 9.56. The third kappa shape index (κ3) is 4.84. The lowest BCUT2D eigenvalue weighted by atomic mass is 10.0. The van der Waals surface area contributed by atoms with Crippen molar-refractivity contribution in [2.24, 2.45) is 5.92 Å². The van der Waals surface area contributed by atoms with E-state index in [2.05, 4.69) is 10.6 Å². The lowest BCUT2D eigenvalue weighted by molar-refractivity contribution is -0.122. The van der Waals surface area contributed by atoms with Crippen LogP contribution in [0, 0.1) is 5.92 Å². The Morgan fingerprint density at radius 2 is 2.00 bits per heavy atom. The molecule has 140 valence electrons. The van der Waals surface area contributed by atoms with Gasteiger partial charge in [0.1, 0.15) is 0 Å². The van der Waals surface area contributed by atoms with Gasteiger partial charge in [-0.3, -0.25) is 14.4 Å². The fourth-order valence-corrected chi connectivity index (χ4v) is 3.31. The van der Waals surface area contributed by atoms with Crippen LogP contribution in [0.1, 0.15) is 55.8 Å². The number of rotatable bonds is 6. The van der Waals surface area contributed by atoms with Crippen LogP contribution in [0.15, 0.2) is 24.3 Å². The fourth-order valence-electron chi connectivity index (χ4n) is 3.31. The van der Waals surface area contributed by atoms with Crippen LogP contribution in [-0.2, 0) is 9.59 Å². The van der Waals surface area contributed by atoms with E-state index in [1.165, 1.54) is 0 Å². The van der Waals surface area contributed by atoms with Gasteiger partial charge in [-0.2, -0.15) is 0 Å². The summed E-state index contributed by atoms with van der Waals surface area (Å²) in [5.41, 5.74) is 1.23. The van der Waals surface area contributed by atoms with E-state index in [0.717, 1.165) is 32.1 Å². The maximum atomic E-state index is 12.8. The van der Waals surface area contributed by atoms with Crippen molar-refractivity contribution < 1.29 is 14.4 Å². The van der Waals surface area contributed by atoms with E-state index in [1.54, 1.807) is 29.2 Å². The van der Waals surface area contributed by atoms with Crippen LogP contribution in [0.25, 0.3) is 0 Å². The van der Waals surface area contributed by atoms with Gasteiger partial charge in [0.05, 0.1) is 0 Å². The number of amides is 3. The normalized spacial score (nSPS) is 19.7. The van der Waals surface area contributed by atoms with Gasteiger partial charge in [-0.05, 0) is 50.3 Å². The van der Waals surface area contributed by atoms with Crippen LogP contribution >= 0.6 is 0 Å². The Balaban J connectivity index is 1.60. The Kier molecular flexibility index (Phi) is 5.91. The molecule has 1 heterocycles. The standard InChI is InChI=1S/C20H27N3O3/c1-2-5-18(24)21-17-8-4-11-23(13-17)20(26)15-6-3-7-16(12-15)22-19(25)14-9-10-14/h3,6-7,12,14,17H,2,4-5,8-11,13H2,1H3,(H,21,24)(H,22,25). The summed E-state index contributed by atoms with van der Waals surface area (Å²) in [6.45, 7) is 3.20. The predicted molar refractivity (Wildman–Crippen MR) is 99.8 cm³/mol. The highest BCUT2D eigenvalue weighted by molar-refractivity contribution is 5.98. The largest absolute Gasteiger partial charge is 0.352 e. The zero-order chi connectivity index (χ0) is 18.5. The van der Waals surface area contributed by atoms with Gasteiger partial charge in [-0.25, -0.2) is 0 Å². The third-order valence-corrected chi connectivity index (χ3v) is 4.88. The number of nitrogens with one attached hydrogen (secondary N) is 2. The average molecular weight is 357 g/mol. The summed E-state index contributed by atoms with van der Waals surface area (Å²) in [5.74, 6) is 0.161. The van der Waals surface area contributed by atoms with Gasteiger partial charge < -0.3 is 15.5 Å². The molecule has 0 bridgehead atoms. The number of carbonyl (C=O) groups is 3. The maximum absolute atomic E-state index is 12.8. The van der Waals surface area contributed by atoms with Gasteiger partial charge in [0.15, 0.2) is 0 Å². The van der Waals surface area contributed by atoms with E-state index >= 15 is 0 Å². The molecule has 1 saturated heterocycles. The molecule has 6 nitrogen and oxygen atoms in total. The molecule has 1 unspecified atom stereocenters. The first-order chi connectivity index (χ1) is 12.6. The van der Waals surface area contributed by atoms with Crippen LogP contribution < -0.4 is 10.6 Å². The van der Waals surface area contributed by atoms with Gasteiger partial charge in [-0.1, -0.05) is 13.0 Å². The molecule has 26 heavy (non-hydrogen) atoms. The lowest BCUT2D eigenvalue weighted by Crippen LogP contribution is -2.49. The van der Waals surface area contributed by atoms with Crippen LogP contribution in [-0.4, -0.2) is 41.8 Å². The number of likely N-dealkylation sites (tertiary alicyclic amines) is 1. The van der Waals surface area contributed by atoms with Crippen molar-refractivity contribution in [3.63, 3.8) is 0 Å². The summed E-state index contributed by atoms with van der Waals surface area (Å²) in [6, 6.07) is 7.13. The molecule has 2 aliphatic rings. The minimum atomic E-state index is -0.0537. The van der Waals surface area contributed by atoms with E-state index in [-0.39, 0.29) is 29.7 Å². The zero-order valence-electron chi connectivity index (χ0n) is 15.3. The number of hydrogen-bond acceptors (Lipinski definition) is 3. The molecular formula is C20H27N3O3. The SMILES string of the molecule is CCCC(=O)NC1CCCN(C(=O)c2cccc(NC(=O)C3CC3)c2)C1. The van der Waals surface area contributed by atoms with E-state index in [4.69, 9.17) is 0 Å². The minimum absolute atomic E-state index is 0.0181. The number of piperidine rings is 1. The molecule has 2 fully saturated rings.